The fourth-order valence-corrected chi connectivity index (χ4v) is 9.13. The summed E-state index contributed by atoms with van der Waals surface area (Å²) in [5.74, 6) is -2.00. The molecule has 0 aliphatic carbocycles. The molecule has 0 fully saturated rings. The summed E-state index contributed by atoms with van der Waals surface area (Å²) in [7, 11) is 5.97. The van der Waals surface area contributed by atoms with Gasteiger partial charge in [0.2, 0.25) is 0 Å². The number of carboxylic acid groups (broad SMARTS) is 1. The molecular formula is C70H124NO8+. The summed E-state index contributed by atoms with van der Waals surface area (Å²) in [6, 6.07) is 0. The van der Waals surface area contributed by atoms with Crippen LogP contribution in [0.4, 0.5) is 0 Å². The Bertz CT molecular complexity index is 1570. The van der Waals surface area contributed by atoms with Crippen molar-refractivity contribution in [2.75, 3.05) is 47.5 Å². The third kappa shape index (κ3) is 61.9. The standard InChI is InChI=1S/C70H123NO8/c1-6-8-10-12-14-16-18-20-22-24-26-28-30-32-34-36-38-40-42-44-46-48-50-52-54-56-58-60-67(72)77-64-66(65-78-70(69(74)75)76-63-62-71(3,4)5)79-68(73)61-59-57-55-53-51-49-47-45-43-41-39-37-35-33-31-29-27-25-23-21-19-17-15-13-11-9-7-2/h9,11,15,17-18,20-21,23-24,26-27,29-30,32,66,70H,6-8,10,12-14,16,19,22,25,28,31,33-65H2,1-5H3/p+1/b11-9-,17-15-,20-18-,23-21-,26-24-,29-27-,32-30-. The second kappa shape index (κ2) is 60.6. The molecule has 0 saturated heterocycles. The summed E-state index contributed by atoms with van der Waals surface area (Å²) in [4.78, 5) is 37.6. The fraction of sp³-hybridized carbons (Fsp3) is 0.757. The number of carboxylic acids is 1. The minimum Gasteiger partial charge on any atom is -0.477 e. The number of quaternary nitrogens is 1. The Kier molecular flexibility index (Phi) is 57.9. The number of nitrogens with zero attached hydrogens (tertiary/aromatic N) is 1. The van der Waals surface area contributed by atoms with Crippen LogP contribution in [0.25, 0.3) is 0 Å². The monoisotopic (exact) mass is 1110 g/mol. The van der Waals surface area contributed by atoms with E-state index in [0.29, 0.717) is 17.4 Å². The predicted molar refractivity (Wildman–Crippen MR) is 336 cm³/mol. The maximum atomic E-state index is 12.9. The second-order valence-electron chi connectivity index (χ2n) is 23.0. The van der Waals surface area contributed by atoms with E-state index in [0.717, 1.165) is 77.0 Å². The van der Waals surface area contributed by atoms with Crippen LogP contribution in [0.3, 0.4) is 0 Å². The number of aliphatic carboxylic acids is 1. The van der Waals surface area contributed by atoms with Gasteiger partial charge in [0.25, 0.3) is 6.29 Å². The lowest BCUT2D eigenvalue weighted by atomic mass is 10.0. The summed E-state index contributed by atoms with van der Waals surface area (Å²) in [5, 5.41) is 9.73. The van der Waals surface area contributed by atoms with Gasteiger partial charge >= 0.3 is 17.9 Å². The Morgan fingerprint density at radius 1 is 0.392 bits per heavy atom. The molecule has 0 amide bonds. The normalized spacial score (nSPS) is 13.3. The maximum absolute atomic E-state index is 12.9. The largest absolute Gasteiger partial charge is 0.477 e. The van der Waals surface area contributed by atoms with E-state index in [-0.39, 0.29) is 32.2 Å². The number of rotatable bonds is 60. The number of ether oxygens (including phenoxy) is 4. The molecule has 2 atom stereocenters. The average Bonchev–Trinajstić information content (AvgIpc) is 3.42. The molecule has 0 rings (SSSR count). The zero-order chi connectivity index (χ0) is 57.6. The molecule has 0 saturated carbocycles. The van der Waals surface area contributed by atoms with Crippen molar-refractivity contribution in [3.63, 3.8) is 0 Å². The minimum absolute atomic E-state index is 0.185. The smallest absolute Gasteiger partial charge is 0.361 e. The van der Waals surface area contributed by atoms with Crippen molar-refractivity contribution in [3.8, 4) is 0 Å². The molecule has 9 heteroatoms. The van der Waals surface area contributed by atoms with E-state index in [1.165, 1.54) is 180 Å². The summed E-state index contributed by atoms with van der Waals surface area (Å²) in [6.45, 7) is 4.78. The van der Waals surface area contributed by atoms with E-state index in [1.807, 2.05) is 21.1 Å². The summed E-state index contributed by atoms with van der Waals surface area (Å²) in [5.41, 5.74) is 0. The van der Waals surface area contributed by atoms with Gasteiger partial charge in [0.1, 0.15) is 13.2 Å². The molecule has 2 unspecified atom stereocenters. The second-order valence-corrected chi connectivity index (χ2v) is 23.0. The van der Waals surface area contributed by atoms with Crippen LogP contribution < -0.4 is 0 Å². The van der Waals surface area contributed by atoms with E-state index < -0.39 is 24.3 Å². The Balaban J connectivity index is 4.17. The van der Waals surface area contributed by atoms with Gasteiger partial charge in [-0.2, -0.15) is 0 Å². The highest BCUT2D eigenvalue weighted by molar-refractivity contribution is 5.71. The Labute approximate surface area is 487 Å². The number of carbonyl (C=O) groups excluding carboxylic acids is 2. The van der Waals surface area contributed by atoms with Gasteiger partial charge in [0, 0.05) is 12.8 Å². The quantitative estimate of drug-likeness (QED) is 0.0211. The van der Waals surface area contributed by atoms with Crippen LogP contribution in [-0.2, 0) is 33.3 Å². The number of hydrogen-bond acceptors (Lipinski definition) is 7. The summed E-state index contributed by atoms with van der Waals surface area (Å²) in [6.07, 6.45) is 78.2. The Morgan fingerprint density at radius 3 is 1.08 bits per heavy atom. The Morgan fingerprint density at radius 2 is 0.722 bits per heavy atom. The first-order valence-electron chi connectivity index (χ1n) is 32.8. The van der Waals surface area contributed by atoms with Gasteiger partial charge in [-0.3, -0.25) is 9.59 Å². The van der Waals surface area contributed by atoms with Gasteiger partial charge in [0.15, 0.2) is 6.10 Å². The molecule has 0 bridgehead atoms. The molecule has 0 aromatic rings. The lowest BCUT2D eigenvalue weighted by Gasteiger charge is -2.25. The average molecular weight is 1110 g/mol. The summed E-state index contributed by atoms with van der Waals surface area (Å²) < 4.78 is 23.0. The van der Waals surface area contributed by atoms with Gasteiger partial charge < -0.3 is 28.5 Å². The number of likely N-dealkylation sites (N-methyl/N-ethyl adjacent to an activating group) is 1. The van der Waals surface area contributed by atoms with Crippen molar-refractivity contribution < 1.29 is 42.9 Å². The van der Waals surface area contributed by atoms with Gasteiger partial charge in [-0.25, -0.2) is 4.79 Å². The molecule has 0 radical (unpaired) electrons. The molecule has 9 nitrogen and oxygen atoms in total. The first-order chi connectivity index (χ1) is 38.6. The van der Waals surface area contributed by atoms with Crippen molar-refractivity contribution in [2.24, 2.45) is 0 Å². The topological polar surface area (TPSA) is 108 Å². The van der Waals surface area contributed by atoms with Gasteiger partial charge in [-0.05, 0) is 89.9 Å². The number of unbranched alkanes of at least 4 members (excludes halogenated alkanes) is 31. The highest BCUT2D eigenvalue weighted by Gasteiger charge is 2.25. The highest BCUT2D eigenvalue weighted by Crippen LogP contribution is 2.17. The van der Waals surface area contributed by atoms with Crippen LogP contribution in [0.1, 0.15) is 284 Å². The molecule has 456 valence electrons. The van der Waals surface area contributed by atoms with Crippen LogP contribution in [0.2, 0.25) is 0 Å². The number of esters is 2. The number of allylic oxidation sites excluding steroid dienone is 14. The fourth-order valence-electron chi connectivity index (χ4n) is 9.13. The zero-order valence-electron chi connectivity index (χ0n) is 52.0. The number of hydrogen-bond donors (Lipinski definition) is 1. The minimum atomic E-state index is -1.51. The van der Waals surface area contributed by atoms with Gasteiger partial charge in [0.05, 0.1) is 34.4 Å². The lowest BCUT2D eigenvalue weighted by molar-refractivity contribution is -0.870. The lowest BCUT2D eigenvalue weighted by Crippen LogP contribution is -2.40. The van der Waals surface area contributed by atoms with Crippen LogP contribution in [0.15, 0.2) is 85.1 Å². The molecule has 1 N–H and O–H groups in total. The van der Waals surface area contributed by atoms with E-state index in [9.17, 15) is 19.5 Å². The van der Waals surface area contributed by atoms with E-state index in [4.69, 9.17) is 18.9 Å². The van der Waals surface area contributed by atoms with Crippen LogP contribution in [-0.4, -0.2) is 87.4 Å². The SMILES string of the molecule is CC/C=C\C/C=C\C/C=C\C/C=C\CCCCCCCCCCCCCCCCC(=O)OC(COC(=O)CCCCCCCCCCCCCC/C=C\C/C=C\C/C=C\CCCCCCC)COC(OCC[N+](C)(C)C)C(=O)O. The molecule has 0 aliphatic heterocycles. The zero-order valence-corrected chi connectivity index (χ0v) is 52.0. The van der Waals surface area contributed by atoms with Crippen LogP contribution in [0.5, 0.6) is 0 Å². The summed E-state index contributed by atoms with van der Waals surface area (Å²) >= 11 is 0. The van der Waals surface area contributed by atoms with E-state index in [1.54, 1.807) is 0 Å². The number of carbonyl (C=O) groups is 3. The third-order valence-corrected chi connectivity index (χ3v) is 14.1. The van der Waals surface area contributed by atoms with Crippen molar-refractivity contribution in [1.82, 2.24) is 0 Å². The Hall–Kier alpha value is -3.53. The molecule has 0 aliphatic rings. The first kappa shape index (κ1) is 75.5. The first-order valence-corrected chi connectivity index (χ1v) is 32.8. The van der Waals surface area contributed by atoms with Crippen LogP contribution >= 0.6 is 0 Å². The van der Waals surface area contributed by atoms with Crippen molar-refractivity contribution in [1.29, 1.82) is 0 Å². The highest BCUT2D eigenvalue weighted by atomic mass is 16.7. The third-order valence-electron chi connectivity index (χ3n) is 14.1. The molecule has 0 aromatic heterocycles. The van der Waals surface area contributed by atoms with E-state index >= 15 is 0 Å². The van der Waals surface area contributed by atoms with Crippen LogP contribution in [0, 0.1) is 0 Å². The maximum Gasteiger partial charge on any atom is 0.361 e. The molecule has 79 heavy (non-hydrogen) atoms. The molecule has 0 heterocycles. The van der Waals surface area contributed by atoms with Crippen molar-refractivity contribution in [2.45, 2.75) is 296 Å². The molecule has 0 spiro atoms. The molecule has 0 aromatic carbocycles. The van der Waals surface area contributed by atoms with Gasteiger partial charge in [-0.1, -0.05) is 266 Å². The molecular weight excluding hydrogens is 983 g/mol. The van der Waals surface area contributed by atoms with Gasteiger partial charge in [-0.15, -0.1) is 0 Å². The van der Waals surface area contributed by atoms with E-state index in [2.05, 4.69) is 98.9 Å². The predicted octanol–water partition coefficient (Wildman–Crippen LogP) is 19.9. The van der Waals surface area contributed by atoms with Crippen molar-refractivity contribution in [3.05, 3.63) is 85.1 Å². The van der Waals surface area contributed by atoms with Crippen molar-refractivity contribution >= 4 is 17.9 Å².